The van der Waals surface area contributed by atoms with Crippen molar-refractivity contribution in [1.29, 1.82) is 0 Å². The molecule has 0 aliphatic carbocycles. The molecule has 0 unspecified atom stereocenters. The van der Waals surface area contributed by atoms with Gasteiger partial charge in [0.1, 0.15) is 0 Å². The third kappa shape index (κ3) is 2.71. The highest BCUT2D eigenvalue weighted by atomic mass is 79.9. The van der Waals surface area contributed by atoms with E-state index in [1.165, 1.54) is 0 Å². The summed E-state index contributed by atoms with van der Waals surface area (Å²) in [4.78, 5) is 4.50. The normalized spacial score (nSPS) is 10.1. The summed E-state index contributed by atoms with van der Waals surface area (Å²) in [7, 11) is 0. The van der Waals surface area contributed by atoms with Crippen LogP contribution in [0.3, 0.4) is 0 Å². The van der Waals surface area contributed by atoms with E-state index in [9.17, 15) is 0 Å². The second-order valence-electron chi connectivity index (χ2n) is 3.22. The van der Waals surface area contributed by atoms with Crippen LogP contribution >= 0.6 is 27.3 Å². The zero-order valence-electron chi connectivity index (χ0n) is 8.61. The van der Waals surface area contributed by atoms with Crippen molar-refractivity contribution in [3.05, 3.63) is 46.8 Å². The molecule has 1 aromatic heterocycles. The van der Waals surface area contributed by atoms with Crippen molar-refractivity contribution in [2.75, 3.05) is 11.9 Å². The Labute approximate surface area is 107 Å². The summed E-state index contributed by atoms with van der Waals surface area (Å²) in [5, 5.41) is 6.15. The minimum absolute atomic E-state index is 0.742. The molecule has 0 aliphatic heterocycles. The molecule has 4 heteroatoms. The van der Waals surface area contributed by atoms with E-state index in [1.54, 1.807) is 11.3 Å². The molecule has 0 saturated carbocycles. The SMILES string of the molecule is C=CCNc1nc(-c2cccc(Br)c2)cs1. The average Bonchev–Trinajstić information content (AvgIpc) is 2.75. The van der Waals surface area contributed by atoms with Crippen molar-refractivity contribution < 1.29 is 0 Å². The Morgan fingerprint density at radius 1 is 1.50 bits per heavy atom. The molecule has 1 aromatic carbocycles. The quantitative estimate of drug-likeness (QED) is 0.856. The Kier molecular flexibility index (Phi) is 3.74. The van der Waals surface area contributed by atoms with E-state index in [0.717, 1.165) is 27.4 Å². The van der Waals surface area contributed by atoms with E-state index >= 15 is 0 Å². The van der Waals surface area contributed by atoms with Crippen molar-refractivity contribution in [3.63, 3.8) is 0 Å². The Hall–Kier alpha value is -1.13. The van der Waals surface area contributed by atoms with Crippen molar-refractivity contribution in [1.82, 2.24) is 4.98 Å². The van der Waals surface area contributed by atoms with E-state index < -0.39 is 0 Å². The molecule has 0 bridgehead atoms. The van der Waals surface area contributed by atoms with Gasteiger partial charge in [-0.25, -0.2) is 4.98 Å². The predicted molar refractivity (Wildman–Crippen MR) is 73.9 cm³/mol. The lowest BCUT2D eigenvalue weighted by molar-refractivity contribution is 1.29. The highest BCUT2D eigenvalue weighted by Crippen LogP contribution is 2.26. The van der Waals surface area contributed by atoms with Crippen molar-refractivity contribution in [2.45, 2.75) is 0 Å². The van der Waals surface area contributed by atoms with Gasteiger partial charge >= 0.3 is 0 Å². The zero-order valence-corrected chi connectivity index (χ0v) is 11.0. The number of hydrogen-bond donors (Lipinski definition) is 1. The third-order valence-corrected chi connectivity index (χ3v) is 3.32. The van der Waals surface area contributed by atoms with Crippen molar-refractivity contribution >= 4 is 32.4 Å². The van der Waals surface area contributed by atoms with Crippen molar-refractivity contribution in [2.24, 2.45) is 0 Å². The van der Waals surface area contributed by atoms with Gasteiger partial charge in [-0.15, -0.1) is 17.9 Å². The first-order valence-electron chi connectivity index (χ1n) is 4.86. The maximum absolute atomic E-state index is 4.50. The molecule has 0 radical (unpaired) electrons. The summed E-state index contributed by atoms with van der Waals surface area (Å²) in [5.74, 6) is 0. The Morgan fingerprint density at radius 2 is 2.38 bits per heavy atom. The molecule has 0 amide bonds. The minimum Gasteiger partial charge on any atom is -0.358 e. The third-order valence-electron chi connectivity index (χ3n) is 2.02. The molecule has 0 atom stereocenters. The van der Waals surface area contributed by atoms with Crippen LogP contribution in [0.25, 0.3) is 11.3 Å². The average molecular weight is 295 g/mol. The monoisotopic (exact) mass is 294 g/mol. The number of anilines is 1. The van der Waals surface area contributed by atoms with Crippen LogP contribution in [0, 0.1) is 0 Å². The highest BCUT2D eigenvalue weighted by Gasteiger charge is 2.03. The van der Waals surface area contributed by atoms with E-state index in [1.807, 2.05) is 23.6 Å². The summed E-state index contributed by atoms with van der Waals surface area (Å²) >= 11 is 5.06. The van der Waals surface area contributed by atoms with Crippen LogP contribution in [-0.4, -0.2) is 11.5 Å². The Balaban J connectivity index is 2.21. The molecule has 2 rings (SSSR count). The van der Waals surface area contributed by atoms with Gasteiger partial charge in [-0.2, -0.15) is 0 Å². The maximum Gasteiger partial charge on any atom is 0.183 e. The largest absolute Gasteiger partial charge is 0.358 e. The number of aromatic nitrogens is 1. The van der Waals surface area contributed by atoms with Crippen LogP contribution in [0.2, 0.25) is 0 Å². The maximum atomic E-state index is 4.50. The lowest BCUT2D eigenvalue weighted by Crippen LogP contribution is -1.96. The second-order valence-corrected chi connectivity index (χ2v) is 4.99. The fourth-order valence-corrected chi connectivity index (χ4v) is 2.42. The van der Waals surface area contributed by atoms with Gasteiger partial charge < -0.3 is 5.32 Å². The standard InChI is InChI=1S/C12H11BrN2S/c1-2-6-14-12-15-11(8-16-12)9-4-3-5-10(13)7-9/h2-5,7-8H,1,6H2,(H,14,15). The van der Waals surface area contributed by atoms with E-state index in [4.69, 9.17) is 0 Å². The number of nitrogens with one attached hydrogen (secondary N) is 1. The fourth-order valence-electron chi connectivity index (χ4n) is 1.29. The molecule has 1 N–H and O–H groups in total. The summed E-state index contributed by atoms with van der Waals surface area (Å²) in [6, 6.07) is 8.13. The van der Waals surface area contributed by atoms with E-state index in [0.29, 0.717) is 0 Å². The van der Waals surface area contributed by atoms with Gasteiger partial charge in [-0.1, -0.05) is 34.1 Å². The van der Waals surface area contributed by atoms with Gasteiger partial charge in [0.05, 0.1) is 5.69 Å². The molecule has 82 valence electrons. The molecule has 2 aromatic rings. The number of nitrogens with zero attached hydrogens (tertiary/aromatic N) is 1. The number of halogens is 1. The van der Waals surface area contributed by atoms with E-state index in [-0.39, 0.29) is 0 Å². The van der Waals surface area contributed by atoms with Crippen LogP contribution in [-0.2, 0) is 0 Å². The number of hydrogen-bond acceptors (Lipinski definition) is 3. The summed E-state index contributed by atoms with van der Waals surface area (Å²) in [5.41, 5.74) is 2.12. The van der Waals surface area contributed by atoms with Crippen LogP contribution in [0.15, 0.2) is 46.8 Å². The first-order chi connectivity index (χ1) is 7.79. The number of rotatable bonds is 4. The molecular formula is C12H11BrN2S. The van der Waals surface area contributed by atoms with Gasteiger partial charge in [0.2, 0.25) is 0 Å². The molecule has 16 heavy (non-hydrogen) atoms. The molecule has 2 nitrogen and oxygen atoms in total. The minimum atomic E-state index is 0.742. The number of thiazole rings is 1. The van der Waals surface area contributed by atoms with E-state index in [2.05, 4.69) is 44.9 Å². The summed E-state index contributed by atoms with van der Waals surface area (Å²) < 4.78 is 1.07. The predicted octanol–water partition coefficient (Wildman–Crippen LogP) is 4.17. The Morgan fingerprint density at radius 3 is 3.12 bits per heavy atom. The van der Waals surface area contributed by atoms with Gasteiger partial charge in [0.25, 0.3) is 0 Å². The van der Waals surface area contributed by atoms with Gasteiger partial charge in [-0.3, -0.25) is 0 Å². The topological polar surface area (TPSA) is 24.9 Å². The summed E-state index contributed by atoms with van der Waals surface area (Å²) in [6.45, 7) is 4.40. The molecule has 0 fully saturated rings. The lowest BCUT2D eigenvalue weighted by atomic mass is 10.2. The highest BCUT2D eigenvalue weighted by molar-refractivity contribution is 9.10. The summed E-state index contributed by atoms with van der Waals surface area (Å²) in [6.07, 6.45) is 1.82. The zero-order chi connectivity index (χ0) is 11.4. The van der Waals surface area contributed by atoms with Crippen molar-refractivity contribution in [3.8, 4) is 11.3 Å². The lowest BCUT2D eigenvalue weighted by Gasteiger charge is -1.98. The van der Waals surface area contributed by atoms with Gasteiger partial charge in [-0.05, 0) is 12.1 Å². The fraction of sp³-hybridized carbons (Fsp3) is 0.0833. The van der Waals surface area contributed by atoms with Crippen LogP contribution in [0.4, 0.5) is 5.13 Å². The second kappa shape index (κ2) is 5.27. The van der Waals surface area contributed by atoms with Gasteiger partial charge in [0, 0.05) is 22.0 Å². The van der Waals surface area contributed by atoms with Gasteiger partial charge in [0.15, 0.2) is 5.13 Å². The first-order valence-corrected chi connectivity index (χ1v) is 6.53. The molecular weight excluding hydrogens is 284 g/mol. The molecule has 0 spiro atoms. The first kappa shape index (κ1) is 11.4. The smallest absolute Gasteiger partial charge is 0.183 e. The number of benzene rings is 1. The molecule has 0 saturated heterocycles. The van der Waals surface area contributed by atoms with Crippen LogP contribution < -0.4 is 5.32 Å². The van der Waals surface area contributed by atoms with Crippen LogP contribution in [0.1, 0.15) is 0 Å². The molecule has 0 aliphatic rings. The molecule has 1 heterocycles. The van der Waals surface area contributed by atoms with Crippen LogP contribution in [0.5, 0.6) is 0 Å². The Bertz CT molecular complexity index is 493.